The van der Waals surface area contributed by atoms with Crippen molar-refractivity contribution in [3.63, 3.8) is 0 Å². The minimum atomic E-state index is -3.08. The van der Waals surface area contributed by atoms with Gasteiger partial charge < -0.3 is 4.90 Å². The van der Waals surface area contributed by atoms with Gasteiger partial charge in [-0.1, -0.05) is 23.1 Å². The van der Waals surface area contributed by atoms with Crippen molar-refractivity contribution in [3.8, 4) is 17.3 Å². The maximum Gasteiger partial charge on any atom is 0.179 e. The Balaban J connectivity index is 1.58. The van der Waals surface area contributed by atoms with Crippen molar-refractivity contribution in [1.82, 2.24) is 19.0 Å². The van der Waals surface area contributed by atoms with Crippen LogP contribution in [0.3, 0.4) is 0 Å². The molecule has 0 bridgehead atoms. The molecule has 2 aliphatic heterocycles. The number of anilines is 1. The van der Waals surface area contributed by atoms with E-state index < -0.39 is 11.0 Å². The first-order chi connectivity index (χ1) is 12.5. The molecule has 4 rings (SSSR count). The van der Waals surface area contributed by atoms with Crippen LogP contribution in [0.5, 0.6) is 0 Å². The number of rotatable bonds is 3. The van der Waals surface area contributed by atoms with Crippen molar-refractivity contribution in [2.75, 3.05) is 30.5 Å². The summed E-state index contributed by atoms with van der Waals surface area (Å²) in [5.74, 6) is 0. The van der Waals surface area contributed by atoms with Crippen molar-refractivity contribution in [2.45, 2.75) is 12.5 Å². The number of benzene rings is 1. The summed E-state index contributed by atoms with van der Waals surface area (Å²) in [6, 6.07) is 7.76. The van der Waals surface area contributed by atoms with Gasteiger partial charge in [0.15, 0.2) is 6.19 Å². The molecular formula is C17H22N6O2S. The molecule has 0 saturated carbocycles. The van der Waals surface area contributed by atoms with Gasteiger partial charge in [-0.25, -0.2) is 0 Å². The lowest BCUT2D eigenvalue weighted by Gasteiger charge is -2.45. The van der Waals surface area contributed by atoms with Crippen molar-refractivity contribution in [3.05, 3.63) is 36.7 Å². The quantitative estimate of drug-likeness (QED) is 0.797. The Labute approximate surface area is 154 Å². The van der Waals surface area contributed by atoms with Crippen molar-refractivity contribution in [2.24, 2.45) is 7.05 Å². The highest BCUT2D eigenvalue weighted by atomic mass is 32.3. The second kappa shape index (κ2) is 6.48. The highest BCUT2D eigenvalue weighted by Crippen LogP contribution is 2.55. The molecule has 2 N–H and O–H groups in total. The molecule has 3 heterocycles. The van der Waals surface area contributed by atoms with Crippen LogP contribution in [-0.4, -0.2) is 60.3 Å². The molecule has 1 atom stereocenters. The van der Waals surface area contributed by atoms with Gasteiger partial charge in [0.25, 0.3) is 0 Å². The minimum absolute atomic E-state index is 0.00819. The van der Waals surface area contributed by atoms with Crippen molar-refractivity contribution in [1.29, 1.82) is 5.26 Å². The molecule has 1 aromatic heterocycles. The van der Waals surface area contributed by atoms with Crippen LogP contribution in [0.1, 0.15) is 6.42 Å². The topological polar surface area (TPSA) is 91.8 Å². The molecule has 2 saturated heterocycles. The Hall–Kier alpha value is -2.25. The van der Waals surface area contributed by atoms with E-state index in [4.69, 9.17) is 5.26 Å². The number of hydrogen-bond acceptors (Lipinski definition) is 7. The number of nitrogens with zero attached hydrogens (tertiary/aromatic N) is 6. The molecule has 2 fully saturated rings. The molecule has 1 unspecified atom stereocenters. The summed E-state index contributed by atoms with van der Waals surface area (Å²) < 4.78 is 27.0. The van der Waals surface area contributed by atoms with E-state index >= 15 is 0 Å². The second-order valence-electron chi connectivity index (χ2n) is 6.67. The predicted octanol–water partition coefficient (Wildman–Crippen LogP) is 2.35. The van der Waals surface area contributed by atoms with Crippen LogP contribution in [0.2, 0.25) is 0 Å². The van der Waals surface area contributed by atoms with E-state index in [1.54, 1.807) is 24.4 Å². The van der Waals surface area contributed by atoms with E-state index in [0.717, 1.165) is 23.2 Å². The fraction of sp³-hybridized carbons (Fsp3) is 0.412. The largest absolute Gasteiger partial charge is 0.309 e. The molecule has 2 aromatic rings. The van der Waals surface area contributed by atoms with Gasteiger partial charge in [-0.15, -0.1) is 0 Å². The summed E-state index contributed by atoms with van der Waals surface area (Å²) in [5.41, 5.74) is 2.76. The van der Waals surface area contributed by atoms with Crippen LogP contribution >= 0.6 is 11.0 Å². The van der Waals surface area contributed by atoms with Crippen LogP contribution in [-0.2, 0) is 7.05 Å². The zero-order chi connectivity index (χ0) is 18.3. The normalized spacial score (nSPS) is 24.0. The number of aromatic nitrogens is 2. The van der Waals surface area contributed by atoms with Gasteiger partial charge in [0.2, 0.25) is 0 Å². The Morgan fingerprint density at radius 3 is 2.77 bits per heavy atom. The third-order valence-electron chi connectivity index (χ3n) is 5.02. The first kappa shape index (κ1) is 17.2. The molecule has 0 spiro atoms. The molecule has 0 radical (unpaired) electrons. The fourth-order valence-corrected chi connectivity index (χ4v) is 5.57. The molecule has 2 aliphatic rings. The van der Waals surface area contributed by atoms with Crippen LogP contribution in [0.25, 0.3) is 11.1 Å². The molecule has 138 valence electrons. The summed E-state index contributed by atoms with van der Waals surface area (Å²) in [6.45, 7) is 2.34. The zero-order valence-corrected chi connectivity index (χ0v) is 15.4. The minimum Gasteiger partial charge on any atom is -0.309 e. The van der Waals surface area contributed by atoms with Crippen molar-refractivity contribution < 1.29 is 9.11 Å². The third kappa shape index (κ3) is 2.91. The van der Waals surface area contributed by atoms with Gasteiger partial charge in [-0.2, -0.15) is 14.7 Å². The lowest BCUT2D eigenvalue weighted by Crippen LogP contribution is -2.38. The van der Waals surface area contributed by atoms with Crippen LogP contribution in [0.15, 0.2) is 36.7 Å². The van der Waals surface area contributed by atoms with Crippen molar-refractivity contribution >= 4 is 16.6 Å². The summed E-state index contributed by atoms with van der Waals surface area (Å²) in [7, 11) is -1.21. The molecule has 26 heavy (non-hydrogen) atoms. The van der Waals surface area contributed by atoms with E-state index in [9.17, 15) is 9.11 Å². The second-order valence-corrected chi connectivity index (χ2v) is 8.56. The first-order valence-electron chi connectivity index (χ1n) is 8.55. The van der Waals surface area contributed by atoms with E-state index in [-0.39, 0.29) is 6.04 Å². The average molecular weight is 374 g/mol. The predicted molar refractivity (Wildman–Crippen MR) is 101 cm³/mol. The maximum absolute atomic E-state index is 10.9. The average Bonchev–Trinajstić information content (AvgIpc) is 3.33. The zero-order valence-electron chi connectivity index (χ0n) is 14.6. The Morgan fingerprint density at radius 1 is 1.23 bits per heavy atom. The standard InChI is InChI=1S/C17H22N6O2S/c1-20-11-15(10-19-20)14-3-2-4-16(9-14)22-7-8-23(26(22,24)25)17-5-6-21(12-17)13-18/h2-4,9-11,17,24-25H,5-8,12H2,1H3. The van der Waals surface area contributed by atoms with E-state index in [1.807, 2.05) is 37.5 Å². The monoisotopic (exact) mass is 374 g/mol. The first-order valence-corrected chi connectivity index (χ1v) is 10.0. The maximum atomic E-state index is 10.9. The lowest BCUT2D eigenvalue weighted by atomic mass is 10.1. The third-order valence-corrected chi connectivity index (χ3v) is 7.11. The molecule has 1 aromatic carbocycles. The molecular weight excluding hydrogens is 352 g/mol. The van der Waals surface area contributed by atoms with Gasteiger partial charge in [0.05, 0.1) is 24.5 Å². The Kier molecular flexibility index (Phi) is 4.28. The highest BCUT2D eigenvalue weighted by Gasteiger charge is 2.43. The lowest BCUT2D eigenvalue weighted by molar-refractivity contribution is 0.310. The van der Waals surface area contributed by atoms with Gasteiger partial charge in [-0.05, 0) is 24.1 Å². The smallest absolute Gasteiger partial charge is 0.179 e. The van der Waals surface area contributed by atoms with E-state index in [2.05, 4.69) is 11.3 Å². The van der Waals surface area contributed by atoms with E-state index in [1.165, 1.54) is 0 Å². The van der Waals surface area contributed by atoms with Gasteiger partial charge in [0, 0.05) is 38.4 Å². The van der Waals surface area contributed by atoms with E-state index in [0.29, 0.717) is 26.2 Å². The van der Waals surface area contributed by atoms with Crippen LogP contribution in [0, 0.1) is 11.5 Å². The number of likely N-dealkylation sites (tertiary alicyclic amines) is 1. The summed E-state index contributed by atoms with van der Waals surface area (Å²) >= 11 is 0. The number of nitriles is 1. The Morgan fingerprint density at radius 2 is 2.08 bits per heavy atom. The molecule has 9 heteroatoms. The molecule has 0 aliphatic carbocycles. The Bertz CT molecular complexity index is 848. The summed E-state index contributed by atoms with van der Waals surface area (Å²) in [6.07, 6.45) is 6.64. The fourth-order valence-electron chi connectivity index (χ4n) is 3.69. The van der Waals surface area contributed by atoms with Gasteiger partial charge in [-0.3, -0.25) is 18.1 Å². The summed E-state index contributed by atoms with van der Waals surface area (Å²) in [4.78, 5) is 1.67. The van der Waals surface area contributed by atoms with Gasteiger partial charge >= 0.3 is 0 Å². The van der Waals surface area contributed by atoms with Crippen LogP contribution < -0.4 is 4.31 Å². The van der Waals surface area contributed by atoms with Crippen LogP contribution in [0.4, 0.5) is 5.69 Å². The number of hydrogen-bond donors (Lipinski definition) is 2. The highest BCUT2D eigenvalue weighted by molar-refractivity contribution is 8.23. The number of aryl methyl sites for hydroxylation is 1. The molecule has 8 nitrogen and oxygen atoms in total. The SMILES string of the molecule is Cn1cc(-c2cccc(N3CCN(C4CCN(C#N)C4)S3(O)O)c2)cn1. The molecule has 0 amide bonds. The van der Waals surface area contributed by atoms with Gasteiger partial charge in [0.1, 0.15) is 0 Å². The summed E-state index contributed by atoms with van der Waals surface area (Å²) in [5, 5.41) is 13.2.